The lowest BCUT2D eigenvalue weighted by atomic mass is 9.85. The van der Waals surface area contributed by atoms with Crippen LogP contribution < -0.4 is 5.32 Å². The number of benzene rings is 1. The fourth-order valence-electron chi connectivity index (χ4n) is 4.63. The minimum atomic E-state index is -2.48. The van der Waals surface area contributed by atoms with E-state index in [0.717, 1.165) is 47.1 Å². The molecule has 0 bridgehead atoms. The standard InChI is InChI=1S/C22H26Cl2N6O2/c1-22(12-32-11-19(22)31)30-5-3-13(4-6-30)15-8-17-14(7-16(15)23)9-25-21(27-17)28-18-10-26-29(2)20(18)24/h7-10,13,19,31H,3-6,11-12H2,1-2H3,(H,25,27,28)/t19-,22+/m0/s1/i2D3. The van der Waals surface area contributed by atoms with Crippen LogP contribution in [0.5, 0.6) is 0 Å². The van der Waals surface area contributed by atoms with Crippen molar-refractivity contribution in [2.45, 2.75) is 37.3 Å². The number of fused-ring (bicyclic) bond motifs is 1. The maximum atomic E-state index is 10.4. The highest BCUT2D eigenvalue weighted by molar-refractivity contribution is 6.32. The van der Waals surface area contributed by atoms with E-state index < -0.39 is 13.1 Å². The average molecular weight is 480 g/mol. The minimum absolute atomic E-state index is 0.0521. The number of hydrogen-bond donors (Lipinski definition) is 2. The van der Waals surface area contributed by atoms with Gasteiger partial charge in [-0.05, 0) is 56.5 Å². The van der Waals surface area contributed by atoms with Crippen molar-refractivity contribution in [2.24, 2.45) is 6.98 Å². The highest BCUT2D eigenvalue weighted by Gasteiger charge is 2.45. The lowest BCUT2D eigenvalue weighted by Gasteiger charge is -2.43. The van der Waals surface area contributed by atoms with E-state index in [-0.39, 0.29) is 22.6 Å². The van der Waals surface area contributed by atoms with Gasteiger partial charge in [-0.3, -0.25) is 9.58 Å². The molecule has 5 rings (SSSR count). The number of hydrogen-bond acceptors (Lipinski definition) is 7. The number of aliphatic hydroxyl groups is 1. The summed E-state index contributed by atoms with van der Waals surface area (Å²) in [6.07, 6.45) is 4.33. The van der Waals surface area contributed by atoms with Crippen molar-refractivity contribution in [3.63, 3.8) is 0 Å². The first-order valence-electron chi connectivity index (χ1n) is 12.0. The molecule has 2 aliphatic heterocycles. The first kappa shape index (κ1) is 18.5. The number of aliphatic hydroxyl groups excluding tert-OH is 1. The molecule has 4 heterocycles. The van der Waals surface area contributed by atoms with E-state index in [1.807, 2.05) is 12.1 Å². The molecule has 8 nitrogen and oxygen atoms in total. The van der Waals surface area contributed by atoms with Crippen molar-refractivity contribution in [3.05, 3.63) is 40.3 Å². The molecule has 10 heteroatoms. The van der Waals surface area contributed by atoms with Crippen molar-refractivity contribution in [2.75, 3.05) is 31.6 Å². The Labute approximate surface area is 200 Å². The van der Waals surface area contributed by atoms with Crippen LogP contribution in [-0.2, 0) is 11.7 Å². The van der Waals surface area contributed by atoms with Gasteiger partial charge in [0.25, 0.3) is 0 Å². The molecule has 0 aliphatic carbocycles. The van der Waals surface area contributed by atoms with Crippen LogP contribution in [0.4, 0.5) is 11.6 Å². The summed E-state index contributed by atoms with van der Waals surface area (Å²) in [5.41, 5.74) is 1.70. The second kappa shape index (κ2) is 8.43. The van der Waals surface area contributed by atoms with Gasteiger partial charge in [0.1, 0.15) is 5.15 Å². The fraction of sp³-hybridized carbons (Fsp3) is 0.500. The molecule has 0 amide bonds. The first-order valence-corrected chi connectivity index (χ1v) is 11.3. The summed E-state index contributed by atoms with van der Waals surface area (Å²) in [7, 11) is 0. The van der Waals surface area contributed by atoms with Gasteiger partial charge >= 0.3 is 0 Å². The van der Waals surface area contributed by atoms with E-state index in [0.29, 0.717) is 23.9 Å². The van der Waals surface area contributed by atoms with Gasteiger partial charge in [0, 0.05) is 27.7 Å². The van der Waals surface area contributed by atoms with E-state index in [1.54, 1.807) is 6.20 Å². The zero-order chi connectivity index (χ0) is 25.0. The molecule has 0 spiro atoms. The molecule has 1 aromatic carbocycles. The van der Waals surface area contributed by atoms with Crippen LogP contribution in [0.25, 0.3) is 10.9 Å². The summed E-state index contributed by atoms with van der Waals surface area (Å²) in [4.78, 5) is 11.2. The van der Waals surface area contributed by atoms with Crippen molar-refractivity contribution in [1.82, 2.24) is 24.6 Å². The topological polar surface area (TPSA) is 88.3 Å². The quantitative estimate of drug-likeness (QED) is 0.588. The second-order valence-electron chi connectivity index (χ2n) is 8.66. The fourth-order valence-corrected chi connectivity index (χ4v) is 5.10. The summed E-state index contributed by atoms with van der Waals surface area (Å²) in [5.74, 6) is 0.542. The number of ether oxygens (including phenoxy) is 1. The van der Waals surface area contributed by atoms with Crippen LogP contribution in [0.1, 0.15) is 35.4 Å². The Morgan fingerprint density at radius 3 is 2.78 bits per heavy atom. The summed E-state index contributed by atoms with van der Waals surface area (Å²) in [6.45, 7) is 2.19. The highest BCUT2D eigenvalue weighted by atomic mass is 35.5. The smallest absolute Gasteiger partial charge is 0.227 e. The molecule has 2 N–H and O–H groups in total. The Kier molecular flexibility index (Phi) is 4.86. The molecule has 0 unspecified atom stereocenters. The normalized spacial score (nSPS) is 26.8. The van der Waals surface area contributed by atoms with E-state index in [2.05, 4.69) is 32.2 Å². The molecule has 3 aromatic rings. The largest absolute Gasteiger partial charge is 0.389 e. The Morgan fingerprint density at radius 2 is 2.09 bits per heavy atom. The van der Waals surface area contributed by atoms with E-state index in [1.165, 1.54) is 6.20 Å². The van der Waals surface area contributed by atoms with Gasteiger partial charge in [0.15, 0.2) is 0 Å². The molecule has 32 heavy (non-hydrogen) atoms. The molecule has 2 aliphatic rings. The Bertz CT molecular complexity index is 1250. The summed E-state index contributed by atoms with van der Waals surface area (Å²) >= 11 is 12.8. The number of halogens is 2. The monoisotopic (exact) mass is 479 g/mol. The molecule has 0 radical (unpaired) electrons. The molecule has 2 atom stereocenters. The summed E-state index contributed by atoms with van der Waals surface area (Å²) < 4.78 is 28.8. The van der Waals surface area contributed by atoms with Gasteiger partial charge in [0.2, 0.25) is 5.95 Å². The third-order valence-electron chi connectivity index (χ3n) is 6.70. The van der Waals surface area contributed by atoms with Gasteiger partial charge in [-0.25, -0.2) is 9.97 Å². The molecular formula is C22H26Cl2N6O2. The van der Waals surface area contributed by atoms with Crippen LogP contribution in [0.15, 0.2) is 24.5 Å². The van der Waals surface area contributed by atoms with Gasteiger partial charge < -0.3 is 15.2 Å². The summed E-state index contributed by atoms with van der Waals surface area (Å²) in [5, 5.41) is 18.6. The third kappa shape index (κ3) is 3.84. The first-order chi connectivity index (χ1) is 16.6. The lowest BCUT2D eigenvalue weighted by molar-refractivity contribution is -0.00211. The predicted molar refractivity (Wildman–Crippen MR) is 125 cm³/mol. The van der Waals surface area contributed by atoms with Crippen molar-refractivity contribution < 1.29 is 14.0 Å². The SMILES string of the molecule is [2H]C([2H])([2H])n1ncc(Nc2ncc3cc(Cl)c(C4CCN([C@]5(C)COC[C@@H]5O)CC4)cc3n2)c1Cl. The van der Waals surface area contributed by atoms with Gasteiger partial charge in [0.05, 0.1) is 42.3 Å². The molecule has 2 fully saturated rings. The Morgan fingerprint density at radius 1 is 1.28 bits per heavy atom. The van der Waals surface area contributed by atoms with Crippen LogP contribution >= 0.6 is 23.2 Å². The number of aromatic nitrogens is 4. The van der Waals surface area contributed by atoms with E-state index in [9.17, 15) is 5.11 Å². The van der Waals surface area contributed by atoms with E-state index in [4.69, 9.17) is 32.1 Å². The molecule has 0 saturated carbocycles. The number of piperidine rings is 1. The summed E-state index contributed by atoms with van der Waals surface area (Å²) in [6, 6.07) is 3.87. The number of likely N-dealkylation sites (tertiary alicyclic amines) is 1. The van der Waals surface area contributed by atoms with Crippen molar-refractivity contribution in [1.29, 1.82) is 0 Å². The third-order valence-corrected chi connectivity index (χ3v) is 7.39. The zero-order valence-electron chi connectivity index (χ0n) is 20.6. The number of nitrogens with zero attached hydrogens (tertiary/aromatic N) is 5. The predicted octanol–water partition coefficient (Wildman–Crippen LogP) is 3.74. The van der Waals surface area contributed by atoms with Crippen LogP contribution in [0.2, 0.25) is 10.2 Å². The second-order valence-corrected chi connectivity index (χ2v) is 9.43. The average Bonchev–Trinajstić information content (AvgIpc) is 3.36. The maximum absolute atomic E-state index is 10.4. The lowest BCUT2D eigenvalue weighted by Crippen LogP contribution is -2.56. The molecule has 170 valence electrons. The van der Waals surface area contributed by atoms with Crippen molar-refractivity contribution in [3.8, 4) is 0 Å². The van der Waals surface area contributed by atoms with Crippen LogP contribution in [0, 0.1) is 0 Å². The molecule has 2 aromatic heterocycles. The van der Waals surface area contributed by atoms with Gasteiger partial charge in [-0.15, -0.1) is 0 Å². The number of rotatable bonds is 4. The molecular weight excluding hydrogens is 451 g/mol. The van der Waals surface area contributed by atoms with Gasteiger partial charge in [-0.2, -0.15) is 5.10 Å². The number of nitrogens with one attached hydrogen (secondary N) is 1. The highest BCUT2D eigenvalue weighted by Crippen LogP contribution is 2.38. The minimum Gasteiger partial charge on any atom is -0.389 e. The van der Waals surface area contributed by atoms with E-state index >= 15 is 0 Å². The van der Waals surface area contributed by atoms with Crippen LogP contribution in [-0.4, -0.2) is 67.7 Å². The van der Waals surface area contributed by atoms with Crippen LogP contribution in [0.3, 0.4) is 0 Å². The zero-order valence-corrected chi connectivity index (χ0v) is 19.1. The Balaban J connectivity index is 1.35. The van der Waals surface area contributed by atoms with Gasteiger partial charge in [-0.1, -0.05) is 23.2 Å². The van der Waals surface area contributed by atoms with Crippen molar-refractivity contribution >= 4 is 45.7 Å². The number of anilines is 2. The Hall–Kier alpha value is -1.97. The molecule has 2 saturated heterocycles. The maximum Gasteiger partial charge on any atom is 0.227 e. The number of aryl methyl sites for hydroxylation is 1.